The van der Waals surface area contributed by atoms with E-state index in [0.29, 0.717) is 6.42 Å². The number of carboxylic acids is 1. The molecule has 0 bridgehead atoms. The average Bonchev–Trinajstić information content (AvgIpc) is 1.87. The molecule has 0 amide bonds. The van der Waals surface area contributed by atoms with Gasteiger partial charge >= 0.3 is 0 Å². The highest BCUT2D eigenvalue weighted by atomic mass is 16.4. The van der Waals surface area contributed by atoms with Crippen LogP contribution in [0.1, 0.15) is 13.3 Å². The van der Waals surface area contributed by atoms with Crippen LogP contribution in [0, 0.1) is 5.92 Å². The van der Waals surface area contributed by atoms with Gasteiger partial charge in [-0.3, -0.25) is 0 Å². The minimum Gasteiger partial charge on any atom is -0.545 e. The van der Waals surface area contributed by atoms with Crippen molar-refractivity contribution >= 4 is 5.97 Å². The molecule has 1 unspecified atom stereocenters. The lowest BCUT2D eigenvalue weighted by atomic mass is 10.0. The minimum atomic E-state index is -1.24. The van der Waals surface area contributed by atoms with Crippen LogP contribution in [0.2, 0.25) is 0 Å². The molecule has 0 aromatic carbocycles. The highest BCUT2D eigenvalue weighted by Crippen LogP contribution is 2.07. The molecule has 0 aliphatic heterocycles. The number of aliphatic hydroxyl groups excluding tert-OH is 1. The predicted molar refractivity (Wildman–Crippen MR) is 35.0 cm³/mol. The summed E-state index contributed by atoms with van der Waals surface area (Å²) in [5.41, 5.74) is 0.0431. The van der Waals surface area contributed by atoms with Gasteiger partial charge in [0.2, 0.25) is 0 Å². The van der Waals surface area contributed by atoms with Crippen molar-refractivity contribution in [1.82, 2.24) is 0 Å². The van der Waals surface area contributed by atoms with Crippen LogP contribution < -0.4 is 5.11 Å². The SMILES string of the molecule is C=C(CC(C)CO)C(=O)[O-]. The van der Waals surface area contributed by atoms with Gasteiger partial charge in [-0.1, -0.05) is 13.5 Å². The largest absolute Gasteiger partial charge is 0.545 e. The first-order valence-corrected chi connectivity index (χ1v) is 3.08. The second-order valence-corrected chi connectivity index (χ2v) is 2.38. The molecule has 0 aliphatic carbocycles. The van der Waals surface area contributed by atoms with Crippen molar-refractivity contribution in [2.45, 2.75) is 13.3 Å². The van der Waals surface area contributed by atoms with Crippen molar-refractivity contribution in [2.75, 3.05) is 6.61 Å². The number of hydrogen-bond acceptors (Lipinski definition) is 3. The first-order valence-electron chi connectivity index (χ1n) is 3.08. The van der Waals surface area contributed by atoms with Crippen LogP contribution >= 0.6 is 0 Å². The molecule has 3 nitrogen and oxygen atoms in total. The summed E-state index contributed by atoms with van der Waals surface area (Å²) in [6.07, 6.45) is 0.291. The molecule has 0 saturated heterocycles. The minimum absolute atomic E-state index is 0.0215. The first-order chi connectivity index (χ1) is 4.57. The number of hydrogen-bond donors (Lipinski definition) is 1. The number of rotatable bonds is 4. The molecule has 0 rings (SSSR count). The average molecular weight is 143 g/mol. The Labute approximate surface area is 60.0 Å². The van der Waals surface area contributed by atoms with Crippen molar-refractivity contribution in [3.63, 3.8) is 0 Å². The zero-order valence-electron chi connectivity index (χ0n) is 5.96. The molecule has 3 heteroatoms. The van der Waals surface area contributed by atoms with E-state index in [1.54, 1.807) is 6.92 Å². The van der Waals surface area contributed by atoms with Gasteiger partial charge in [-0.05, 0) is 17.9 Å². The standard InChI is InChI=1S/C7H12O3/c1-5(4-8)3-6(2)7(9)10/h5,8H,2-4H2,1H3,(H,9,10)/p-1. The van der Waals surface area contributed by atoms with E-state index in [0.717, 1.165) is 0 Å². The summed E-state index contributed by atoms with van der Waals surface area (Å²) in [4.78, 5) is 10.1. The van der Waals surface area contributed by atoms with E-state index in [2.05, 4.69) is 6.58 Å². The van der Waals surface area contributed by atoms with Gasteiger partial charge in [0.25, 0.3) is 0 Å². The van der Waals surface area contributed by atoms with E-state index < -0.39 is 5.97 Å². The van der Waals surface area contributed by atoms with Gasteiger partial charge < -0.3 is 15.0 Å². The van der Waals surface area contributed by atoms with Crippen LogP contribution in [0.15, 0.2) is 12.2 Å². The van der Waals surface area contributed by atoms with Crippen LogP contribution in [-0.4, -0.2) is 17.7 Å². The summed E-state index contributed by atoms with van der Waals surface area (Å²) < 4.78 is 0. The van der Waals surface area contributed by atoms with Gasteiger partial charge in [-0.15, -0.1) is 0 Å². The molecule has 0 fully saturated rings. The molecule has 0 heterocycles. The predicted octanol–water partition coefficient (Wildman–Crippen LogP) is -0.689. The quantitative estimate of drug-likeness (QED) is 0.530. The monoisotopic (exact) mass is 143 g/mol. The lowest BCUT2D eigenvalue weighted by molar-refractivity contribution is -0.299. The Morgan fingerprint density at radius 1 is 1.80 bits per heavy atom. The first kappa shape index (κ1) is 9.17. The second-order valence-electron chi connectivity index (χ2n) is 2.38. The number of aliphatic carboxylic acids is 1. The summed E-state index contributed by atoms with van der Waals surface area (Å²) in [5, 5.41) is 18.6. The molecule has 1 atom stereocenters. The number of carbonyl (C=O) groups excluding carboxylic acids is 1. The smallest absolute Gasteiger partial charge is 0.0669 e. The van der Waals surface area contributed by atoms with Gasteiger partial charge in [0.15, 0.2) is 0 Å². The zero-order chi connectivity index (χ0) is 8.15. The molecular weight excluding hydrogens is 132 g/mol. The van der Waals surface area contributed by atoms with Crippen LogP contribution in [0.5, 0.6) is 0 Å². The lowest BCUT2D eigenvalue weighted by Gasteiger charge is -2.10. The van der Waals surface area contributed by atoms with Crippen LogP contribution in [-0.2, 0) is 4.79 Å². The molecular formula is C7H11O3-. The number of aliphatic hydroxyl groups is 1. The number of carboxylic acid groups (broad SMARTS) is 1. The molecule has 58 valence electrons. The van der Waals surface area contributed by atoms with Crippen LogP contribution in [0.3, 0.4) is 0 Å². The van der Waals surface area contributed by atoms with E-state index in [9.17, 15) is 9.90 Å². The molecule has 0 saturated carbocycles. The summed E-state index contributed by atoms with van der Waals surface area (Å²) in [7, 11) is 0. The fraction of sp³-hybridized carbons (Fsp3) is 0.571. The normalized spacial score (nSPS) is 12.6. The van der Waals surface area contributed by atoms with Crippen molar-refractivity contribution in [2.24, 2.45) is 5.92 Å². The molecule has 10 heavy (non-hydrogen) atoms. The van der Waals surface area contributed by atoms with Gasteiger partial charge in [0.05, 0.1) is 5.97 Å². The topological polar surface area (TPSA) is 60.4 Å². The van der Waals surface area contributed by atoms with E-state index in [1.165, 1.54) is 0 Å². The molecule has 1 N–H and O–H groups in total. The Morgan fingerprint density at radius 2 is 2.30 bits per heavy atom. The molecule has 0 aromatic rings. The molecule has 0 radical (unpaired) electrons. The Kier molecular flexibility index (Phi) is 3.72. The Bertz CT molecular complexity index is 140. The van der Waals surface area contributed by atoms with Crippen molar-refractivity contribution < 1.29 is 15.0 Å². The third-order valence-corrected chi connectivity index (χ3v) is 1.20. The third kappa shape index (κ3) is 3.25. The van der Waals surface area contributed by atoms with Gasteiger partial charge in [0.1, 0.15) is 0 Å². The van der Waals surface area contributed by atoms with E-state index in [1.807, 2.05) is 0 Å². The van der Waals surface area contributed by atoms with Crippen molar-refractivity contribution in [3.8, 4) is 0 Å². The Hall–Kier alpha value is -0.830. The van der Waals surface area contributed by atoms with Crippen molar-refractivity contribution in [3.05, 3.63) is 12.2 Å². The second kappa shape index (κ2) is 4.06. The third-order valence-electron chi connectivity index (χ3n) is 1.20. The van der Waals surface area contributed by atoms with E-state index >= 15 is 0 Å². The van der Waals surface area contributed by atoms with Gasteiger partial charge in [-0.25, -0.2) is 0 Å². The maximum atomic E-state index is 10.1. The van der Waals surface area contributed by atoms with Crippen LogP contribution in [0.25, 0.3) is 0 Å². The van der Waals surface area contributed by atoms with Gasteiger partial charge in [-0.2, -0.15) is 0 Å². The zero-order valence-corrected chi connectivity index (χ0v) is 5.96. The summed E-state index contributed by atoms with van der Waals surface area (Å²) in [5.74, 6) is -1.29. The van der Waals surface area contributed by atoms with Crippen LogP contribution in [0.4, 0.5) is 0 Å². The molecule has 0 aromatic heterocycles. The number of carbonyl (C=O) groups is 1. The summed E-state index contributed by atoms with van der Waals surface area (Å²) in [6.45, 7) is 4.99. The van der Waals surface area contributed by atoms with Gasteiger partial charge in [0, 0.05) is 6.61 Å². The maximum Gasteiger partial charge on any atom is 0.0669 e. The fourth-order valence-electron chi connectivity index (χ4n) is 0.569. The summed E-state index contributed by atoms with van der Waals surface area (Å²) >= 11 is 0. The molecule has 0 aliphatic rings. The lowest BCUT2D eigenvalue weighted by Crippen LogP contribution is -2.25. The molecule has 0 spiro atoms. The fourth-order valence-corrected chi connectivity index (χ4v) is 0.569. The van der Waals surface area contributed by atoms with E-state index in [-0.39, 0.29) is 18.1 Å². The van der Waals surface area contributed by atoms with E-state index in [4.69, 9.17) is 5.11 Å². The summed E-state index contributed by atoms with van der Waals surface area (Å²) in [6, 6.07) is 0. The Balaban J connectivity index is 3.68. The highest BCUT2D eigenvalue weighted by Gasteiger charge is 2.02. The highest BCUT2D eigenvalue weighted by molar-refractivity contribution is 5.83. The Morgan fingerprint density at radius 3 is 2.60 bits per heavy atom. The van der Waals surface area contributed by atoms with Crippen molar-refractivity contribution in [1.29, 1.82) is 0 Å². The maximum absolute atomic E-state index is 10.1.